The summed E-state index contributed by atoms with van der Waals surface area (Å²) in [5.41, 5.74) is 7.08. The number of anilines is 2. The first kappa shape index (κ1) is 12.4. The van der Waals surface area contributed by atoms with Gasteiger partial charge in [0.05, 0.1) is 11.4 Å². The highest BCUT2D eigenvalue weighted by molar-refractivity contribution is 7.85. The fraction of sp³-hybridized carbons (Fsp3) is 0.0769. The summed E-state index contributed by atoms with van der Waals surface area (Å²) in [6.45, 7) is 0. The van der Waals surface area contributed by atoms with Crippen LogP contribution in [0.2, 0.25) is 0 Å². The highest BCUT2D eigenvalue weighted by atomic mass is 32.2. The molecule has 18 heavy (non-hydrogen) atoms. The monoisotopic (exact) mass is 262 g/mol. The zero-order valence-corrected chi connectivity index (χ0v) is 10.7. The van der Waals surface area contributed by atoms with E-state index in [-0.39, 0.29) is 0 Å². The van der Waals surface area contributed by atoms with Crippen molar-refractivity contribution in [2.45, 2.75) is 0 Å². The molecule has 0 aliphatic rings. The lowest BCUT2D eigenvalue weighted by molar-refractivity contribution is 0.485. The molecule has 0 spiro atoms. The number of nitrogens with one attached hydrogen (secondary N) is 1. The van der Waals surface area contributed by atoms with E-state index in [9.17, 15) is 4.21 Å². The summed E-state index contributed by atoms with van der Waals surface area (Å²) in [7, 11) is -1.12. The molecule has 1 atom stereocenters. The fourth-order valence-corrected chi connectivity index (χ4v) is 1.93. The van der Waals surface area contributed by atoms with Gasteiger partial charge < -0.3 is 15.2 Å². The molecule has 0 aliphatic carbocycles. The van der Waals surface area contributed by atoms with Gasteiger partial charge in [-0.15, -0.1) is 0 Å². The van der Waals surface area contributed by atoms with Crippen LogP contribution in [0, 0.1) is 0 Å². The highest BCUT2D eigenvalue weighted by Gasteiger charge is 2.04. The Morgan fingerprint density at radius 1 is 1.17 bits per heavy atom. The van der Waals surface area contributed by atoms with Crippen LogP contribution < -0.4 is 15.2 Å². The predicted molar refractivity (Wildman–Crippen MR) is 75.1 cm³/mol. The lowest BCUT2D eigenvalue weighted by atomic mass is 10.2. The van der Waals surface area contributed by atoms with Crippen molar-refractivity contribution < 1.29 is 8.95 Å². The van der Waals surface area contributed by atoms with E-state index in [4.69, 9.17) is 10.5 Å². The summed E-state index contributed by atoms with van der Waals surface area (Å²) in [5.74, 6) is 1.25. The van der Waals surface area contributed by atoms with Crippen LogP contribution in [0.1, 0.15) is 0 Å². The van der Waals surface area contributed by atoms with E-state index in [2.05, 4.69) is 4.72 Å². The van der Waals surface area contributed by atoms with Gasteiger partial charge in [-0.3, -0.25) is 0 Å². The number of ether oxygens (including phenoxy) is 1. The first-order chi connectivity index (χ1) is 8.65. The topological polar surface area (TPSA) is 64.4 Å². The molecular formula is C13H14N2O2S. The van der Waals surface area contributed by atoms with Crippen LogP contribution in [0.15, 0.2) is 48.5 Å². The number of hydrogen-bond acceptors (Lipinski definition) is 3. The molecule has 0 fully saturated rings. The van der Waals surface area contributed by atoms with Gasteiger partial charge >= 0.3 is 0 Å². The van der Waals surface area contributed by atoms with Gasteiger partial charge in [0.15, 0.2) is 5.75 Å². The molecule has 2 aromatic rings. The third kappa shape index (κ3) is 3.24. The highest BCUT2D eigenvalue weighted by Crippen LogP contribution is 2.30. The Morgan fingerprint density at radius 2 is 1.89 bits per heavy atom. The molecule has 0 heterocycles. The molecule has 0 aliphatic heterocycles. The lowest BCUT2D eigenvalue weighted by Gasteiger charge is -2.10. The Balaban J connectivity index is 2.24. The molecule has 94 valence electrons. The second-order valence-electron chi connectivity index (χ2n) is 3.72. The molecule has 0 bridgehead atoms. The average molecular weight is 262 g/mol. The molecule has 2 rings (SSSR count). The molecule has 0 amide bonds. The van der Waals surface area contributed by atoms with Crippen molar-refractivity contribution in [3.63, 3.8) is 0 Å². The molecule has 3 N–H and O–H groups in total. The van der Waals surface area contributed by atoms with Gasteiger partial charge in [0.1, 0.15) is 16.7 Å². The van der Waals surface area contributed by atoms with E-state index in [1.54, 1.807) is 24.5 Å². The van der Waals surface area contributed by atoms with Crippen molar-refractivity contribution >= 4 is 22.4 Å². The number of rotatable bonds is 4. The zero-order chi connectivity index (χ0) is 13.0. The maximum absolute atomic E-state index is 11.1. The summed E-state index contributed by atoms with van der Waals surface area (Å²) < 4.78 is 19.6. The summed E-state index contributed by atoms with van der Waals surface area (Å²) in [6.07, 6.45) is 1.56. The third-order valence-corrected chi connectivity index (χ3v) is 2.77. The van der Waals surface area contributed by atoms with Gasteiger partial charge in [-0.1, -0.05) is 18.2 Å². The second kappa shape index (κ2) is 5.55. The minimum atomic E-state index is -1.12. The molecule has 2 aromatic carbocycles. The average Bonchev–Trinajstić information content (AvgIpc) is 2.34. The Kier molecular flexibility index (Phi) is 3.84. The van der Waals surface area contributed by atoms with Gasteiger partial charge in [0, 0.05) is 12.3 Å². The van der Waals surface area contributed by atoms with Gasteiger partial charge in [0.25, 0.3) is 0 Å². The van der Waals surface area contributed by atoms with E-state index in [0.717, 1.165) is 0 Å². The standard InChI is InChI=1S/C13H14N2O2S/c1-18(16)15-10-7-8-12(14)13(9-10)17-11-5-3-2-4-6-11/h2-9,15H,14H2,1H3. The molecule has 0 saturated heterocycles. The first-order valence-electron chi connectivity index (χ1n) is 5.37. The third-order valence-electron chi connectivity index (χ3n) is 2.25. The van der Waals surface area contributed by atoms with Gasteiger partial charge in [-0.2, -0.15) is 0 Å². The van der Waals surface area contributed by atoms with Gasteiger partial charge in [-0.05, 0) is 24.3 Å². The Morgan fingerprint density at radius 3 is 2.56 bits per heavy atom. The Labute approximate surface area is 108 Å². The number of nitrogen functional groups attached to an aromatic ring is 1. The van der Waals surface area contributed by atoms with E-state index in [1.165, 1.54) is 0 Å². The molecule has 4 nitrogen and oxygen atoms in total. The Bertz CT molecular complexity index is 558. The summed E-state index contributed by atoms with van der Waals surface area (Å²) in [6, 6.07) is 14.6. The summed E-state index contributed by atoms with van der Waals surface area (Å²) in [5, 5.41) is 0. The van der Waals surface area contributed by atoms with Crippen molar-refractivity contribution in [3.05, 3.63) is 48.5 Å². The van der Waals surface area contributed by atoms with Crippen molar-refractivity contribution in [1.29, 1.82) is 0 Å². The van der Waals surface area contributed by atoms with Crippen LogP contribution >= 0.6 is 0 Å². The van der Waals surface area contributed by atoms with E-state index >= 15 is 0 Å². The zero-order valence-electron chi connectivity index (χ0n) is 9.92. The van der Waals surface area contributed by atoms with Crippen LogP contribution in [0.4, 0.5) is 11.4 Å². The van der Waals surface area contributed by atoms with Crippen LogP contribution in [0.25, 0.3) is 0 Å². The molecule has 0 aromatic heterocycles. The second-order valence-corrected chi connectivity index (χ2v) is 4.84. The largest absolute Gasteiger partial charge is 0.455 e. The fourth-order valence-electron chi connectivity index (χ4n) is 1.47. The van der Waals surface area contributed by atoms with Crippen LogP contribution in [-0.4, -0.2) is 10.5 Å². The Hall–Kier alpha value is -2.01. The van der Waals surface area contributed by atoms with Crippen molar-refractivity contribution in [2.75, 3.05) is 16.7 Å². The van der Waals surface area contributed by atoms with Crippen LogP contribution in [0.3, 0.4) is 0 Å². The van der Waals surface area contributed by atoms with E-state index in [1.807, 2.05) is 30.3 Å². The predicted octanol–water partition coefficient (Wildman–Crippen LogP) is 2.77. The van der Waals surface area contributed by atoms with E-state index in [0.29, 0.717) is 22.9 Å². The minimum Gasteiger partial charge on any atom is -0.455 e. The quantitative estimate of drug-likeness (QED) is 0.833. The number of para-hydroxylation sites is 1. The normalized spacial score (nSPS) is 11.8. The summed E-state index contributed by atoms with van der Waals surface area (Å²) >= 11 is 0. The SMILES string of the molecule is CS(=O)Nc1ccc(N)c(Oc2ccccc2)c1. The lowest BCUT2D eigenvalue weighted by Crippen LogP contribution is -2.02. The first-order valence-corrected chi connectivity index (χ1v) is 6.93. The van der Waals surface area contributed by atoms with Crippen LogP contribution in [0.5, 0.6) is 11.5 Å². The summed E-state index contributed by atoms with van der Waals surface area (Å²) in [4.78, 5) is 0. The van der Waals surface area contributed by atoms with Crippen molar-refractivity contribution in [2.24, 2.45) is 0 Å². The minimum absolute atomic E-state index is 0.534. The smallest absolute Gasteiger partial charge is 0.152 e. The number of hydrogen-bond donors (Lipinski definition) is 2. The van der Waals surface area contributed by atoms with Gasteiger partial charge in [0.2, 0.25) is 0 Å². The molecule has 5 heteroatoms. The number of nitrogens with two attached hydrogens (primary N) is 1. The van der Waals surface area contributed by atoms with Crippen molar-refractivity contribution in [3.8, 4) is 11.5 Å². The number of benzene rings is 2. The van der Waals surface area contributed by atoms with E-state index < -0.39 is 11.0 Å². The van der Waals surface area contributed by atoms with Crippen LogP contribution in [-0.2, 0) is 11.0 Å². The molecule has 0 radical (unpaired) electrons. The van der Waals surface area contributed by atoms with Crippen molar-refractivity contribution in [1.82, 2.24) is 0 Å². The maximum Gasteiger partial charge on any atom is 0.152 e. The maximum atomic E-state index is 11.1. The molecular weight excluding hydrogens is 248 g/mol. The molecule has 0 saturated carbocycles. The molecule has 1 unspecified atom stereocenters. The van der Waals surface area contributed by atoms with Gasteiger partial charge in [-0.25, -0.2) is 4.21 Å².